The van der Waals surface area contributed by atoms with Crippen LogP contribution in [0.2, 0.25) is 0 Å². The second-order valence-electron chi connectivity index (χ2n) is 9.01. The van der Waals surface area contributed by atoms with Crippen LogP contribution < -0.4 is 0 Å². The summed E-state index contributed by atoms with van der Waals surface area (Å²) in [7, 11) is 0. The third kappa shape index (κ3) is 5.89. The molecule has 1 aliphatic rings. The first-order valence-corrected chi connectivity index (χ1v) is 12.8. The van der Waals surface area contributed by atoms with Crippen LogP contribution >= 0.6 is 11.8 Å². The maximum absolute atomic E-state index is 13.2. The minimum atomic E-state index is -0.427. The number of pyridine rings is 1. The molecule has 1 aromatic heterocycles. The summed E-state index contributed by atoms with van der Waals surface area (Å²) in [6.07, 6.45) is 1.57. The lowest BCUT2D eigenvalue weighted by molar-refractivity contribution is -0.387. The third-order valence-electron chi connectivity index (χ3n) is 6.26. The molecule has 2 aromatic carbocycles. The molecule has 190 valence electrons. The minimum Gasteiger partial charge on any atom is -0.335 e. The van der Waals surface area contributed by atoms with Crippen LogP contribution in [0.3, 0.4) is 0 Å². The maximum atomic E-state index is 13.2. The van der Waals surface area contributed by atoms with E-state index in [1.54, 1.807) is 46.3 Å². The van der Waals surface area contributed by atoms with Crippen LogP contribution in [-0.2, 0) is 4.79 Å². The number of carbonyl (C=O) groups is 2. The number of aromatic nitrogens is 1. The second-order valence-corrected chi connectivity index (χ2v) is 10.1. The molecule has 3 aromatic rings. The highest BCUT2D eigenvalue weighted by Crippen LogP contribution is 2.39. The van der Waals surface area contributed by atoms with Crippen LogP contribution in [0.1, 0.15) is 41.4 Å². The van der Waals surface area contributed by atoms with E-state index in [2.05, 4.69) is 25.4 Å². The van der Waals surface area contributed by atoms with Crippen molar-refractivity contribution in [1.82, 2.24) is 14.8 Å². The van der Waals surface area contributed by atoms with Crippen molar-refractivity contribution in [2.45, 2.75) is 29.6 Å². The lowest BCUT2D eigenvalue weighted by atomic mass is 10.0. The van der Waals surface area contributed by atoms with Crippen LogP contribution in [0.15, 0.2) is 83.2 Å². The van der Waals surface area contributed by atoms with Gasteiger partial charge in [0, 0.05) is 48.9 Å². The molecular weight excluding hydrogens is 488 g/mol. The Labute approximate surface area is 220 Å². The number of benzene rings is 2. The van der Waals surface area contributed by atoms with E-state index in [9.17, 15) is 19.7 Å². The summed E-state index contributed by atoms with van der Waals surface area (Å²) in [6.45, 7) is 9.55. The quantitative estimate of drug-likeness (QED) is 0.241. The van der Waals surface area contributed by atoms with E-state index in [0.29, 0.717) is 42.3 Å². The average molecular weight is 517 g/mol. The molecule has 1 saturated heterocycles. The number of hydrogen-bond donors (Lipinski definition) is 0. The lowest BCUT2D eigenvalue weighted by Gasteiger charge is -2.35. The number of hydrogen-bond acceptors (Lipinski definition) is 6. The number of nitro benzene ring substituents is 1. The number of nitro groups is 1. The summed E-state index contributed by atoms with van der Waals surface area (Å²) in [4.78, 5) is 46.1. The molecule has 0 N–H and O–H groups in total. The SMILES string of the molecule is C=C(C(=O)N1CCN(C(=O)c2ccccn2)CC1)c1ccc(Sc2ccccc2C(C)C)c([N+](=O)[O-])c1. The first-order chi connectivity index (χ1) is 17.8. The zero-order chi connectivity index (χ0) is 26.5. The van der Waals surface area contributed by atoms with Crippen molar-refractivity contribution in [3.05, 3.63) is 100 Å². The summed E-state index contributed by atoms with van der Waals surface area (Å²) in [5, 5.41) is 11.9. The van der Waals surface area contributed by atoms with Crippen molar-refractivity contribution in [3.8, 4) is 0 Å². The van der Waals surface area contributed by atoms with Gasteiger partial charge in [-0.1, -0.05) is 62.5 Å². The van der Waals surface area contributed by atoms with Crippen molar-refractivity contribution >= 4 is 34.8 Å². The van der Waals surface area contributed by atoms with Gasteiger partial charge in [0.2, 0.25) is 0 Å². The Kier molecular flexibility index (Phi) is 8.03. The van der Waals surface area contributed by atoms with Crippen LogP contribution in [0.4, 0.5) is 5.69 Å². The smallest absolute Gasteiger partial charge is 0.283 e. The molecule has 0 bridgehead atoms. The van der Waals surface area contributed by atoms with Crippen LogP contribution in [0.25, 0.3) is 5.57 Å². The van der Waals surface area contributed by atoms with Crippen molar-refractivity contribution in [1.29, 1.82) is 0 Å². The second kappa shape index (κ2) is 11.4. The highest BCUT2D eigenvalue weighted by Gasteiger charge is 2.28. The van der Waals surface area contributed by atoms with E-state index in [4.69, 9.17) is 0 Å². The Morgan fingerprint density at radius 1 is 0.973 bits per heavy atom. The summed E-state index contributed by atoms with van der Waals surface area (Å²) in [5.41, 5.74) is 2.01. The number of piperazine rings is 1. The zero-order valence-electron chi connectivity index (χ0n) is 20.8. The molecule has 0 spiro atoms. The summed E-state index contributed by atoms with van der Waals surface area (Å²) in [6, 6.07) is 17.8. The van der Waals surface area contributed by atoms with E-state index in [1.165, 1.54) is 17.8 Å². The Balaban J connectivity index is 1.46. The van der Waals surface area contributed by atoms with E-state index < -0.39 is 4.92 Å². The van der Waals surface area contributed by atoms with E-state index in [0.717, 1.165) is 10.5 Å². The van der Waals surface area contributed by atoms with Gasteiger partial charge in [-0.3, -0.25) is 24.7 Å². The number of carbonyl (C=O) groups excluding carboxylic acids is 2. The Bertz CT molecular complexity index is 1340. The molecule has 2 heterocycles. The van der Waals surface area contributed by atoms with Crippen molar-refractivity contribution in [2.24, 2.45) is 0 Å². The molecule has 0 aliphatic carbocycles. The molecule has 9 heteroatoms. The fourth-order valence-electron chi connectivity index (χ4n) is 4.18. The van der Waals surface area contributed by atoms with Crippen molar-refractivity contribution in [2.75, 3.05) is 26.2 Å². The topological polar surface area (TPSA) is 96.7 Å². The molecule has 0 atom stereocenters. The van der Waals surface area contributed by atoms with Gasteiger partial charge in [0.15, 0.2) is 0 Å². The molecule has 0 radical (unpaired) electrons. The molecule has 1 aliphatic heterocycles. The molecule has 8 nitrogen and oxygen atoms in total. The van der Waals surface area contributed by atoms with Gasteiger partial charge in [-0.15, -0.1) is 0 Å². The highest BCUT2D eigenvalue weighted by atomic mass is 32.2. The molecular formula is C28H28N4O4S. The summed E-state index contributed by atoms with van der Waals surface area (Å²) in [5.74, 6) is -0.196. The molecule has 1 fully saturated rings. The average Bonchev–Trinajstić information content (AvgIpc) is 2.92. The molecule has 0 saturated carbocycles. The summed E-state index contributed by atoms with van der Waals surface area (Å²) >= 11 is 1.35. The van der Waals surface area contributed by atoms with Gasteiger partial charge in [-0.05, 0) is 41.3 Å². The molecule has 4 rings (SSSR count). The highest BCUT2D eigenvalue weighted by molar-refractivity contribution is 7.99. The first kappa shape index (κ1) is 26.1. The normalized spacial score (nSPS) is 13.5. The van der Waals surface area contributed by atoms with Gasteiger partial charge >= 0.3 is 0 Å². The van der Waals surface area contributed by atoms with Crippen LogP contribution in [0.5, 0.6) is 0 Å². The lowest BCUT2D eigenvalue weighted by Crippen LogP contribution is -2.50. The largest absolute Gasteiger partial charge is 0.335 e. The number of nitrogens with zero attached hydrogens (tertiary/aromatic N) is 4. The predicted molar refractivity (Wildman–Crippen MR) is 144 cm³/mol. The maximum Gasteiger partial charge on any atom is 0.283 e. The molecule has 37 heavy (non-hydrogen) atoms. The fourth-order valence-corrected chi connectivity index (χ4v) is 5.36. The number of rotatable bonds is 7. The first-order valence-electron chi connectivity index (χ1n) is 12.0. The minimum absolute atomic E-state index is 0.0687. The van der Waals surface area contributed by atoms with Crippen molar-refractivity contribution < 1.29 is 14.5 Å². The van der Waals surface area contributed by atoms with Gasteiger partial charge in [0.25, 0.3) is 17.5 Å². The van der Waals surface area contributed by atoms with Crippen molar-refractivity contribution in [3.63, 3.8) is 0 Å². The van der Waals surface area contributed by atoms with Gasteiger partial charge < -0.3 is 9.80 Å². The number of amides is 2. The van der Waals surface area contributed by atoms with E-state index >= 15 is 0 Å². The summed E-state index contributed by atoms with van der Waals surface area (Å²) < 4.78 is 0. The standard InChI is InChI=1S/C28H28N4O4S/c1-19(2)22-8-4-5-10-25(22)37-26-12-11-21(18-24(26)32(35)36)20(3)27(33)30-14-16-31(17-15-30)28(34)23-9-6-7-13-29-23/h4-13,18-19H,3,14-17H2,1-2H3. The monoisotopic (exact) mass is 516 g/mol. The van der Waals surface area contributed by atoms with Gasteiger partial charge in [0.05, 0.1) is 9.82 Å². The molecule has 2 amide bonds. The van der Waals surface area contributed by atoms with Crippen LogP contribution in [-0.4, -0.2) is 57.7 Å². The van der Waals surface area contributed by atoms with E-state index in [-0.39, 0.29) is 29.0 Å². The zero-order valence-corrected chi connectivity index (χ0v) is 21.6. The predicted octanol–water partition coefficient (Wildman–Crippen LogP) is 5.26. The fraction of sp³-hybridized carbons (Fsp3) is 0.250. The Morgan fingerprint density at radius 2 is 1.65 bits per heavy atom. The molecule has 0 unspecified atom stereocenters. The Hall–Kier alpha value is -3.98. The van der Waals surface area contributed by atoms with Crippen LogP contribution in [0, 0.1) is 10.1 Å². The van der Waals surface area contributed by atoms with Gasteiger partial charge in [-0.2, -0.15) is 0 Å². The Morgan fingerprint density at radius 3 is 2.30 bits per heavy atom. The van der Waals surface area contributed by atoms with Gasteiger partial charge in [0.1, 0.15) is 5.69 Å². The van der Waals surface area contributed by atoms with Gasteiger partial charge in [-0.25, -0.2) is 0 Å². The van der Waals surface area contributed by atoms with E-state index in [1.807, 2.05) is 24.3 Å². The third-order valence-corrected chi connectivity index (χ3v) is 7.42.